The first kappa shape index (κ1) is 33.7. The number of nitrogens with one attached hydrogen (secondary N) is 4. The van der Waals surface area contributed by atoms with E-state index in [1.54, 1.807) is 0 Å². The van der Waals surface area contributed by atoms with E-state index in [2.05, 4.69) is 114 Å². The summed E-state index contributed by atoms with van der Waals surface area (Å²) in [6.07, 6.45) is 41.9. The van der Waals surface area contributed by atoms with Gasteiger partial charge in [-0.3, -0.25) is 0 Å². The molecule has 1 aromatic carbocycles. The molecule has 0 saturated carbocycles. The molecule has 4 N–H and O–H groups in total. The minimum absolute atomic E-state index is 0.454. The van der Waals surface area contributed by atoms with E-state index in [0.29, 0.717) is 18.1 Å². The number of hydrogen-bond donors (Lipinski definition) is 4. The summed E-state index contributed by atoms with van der Waals surface area (Å²) in [7, 11) is 0. The quantitative estimate of drug-likeness (QED) is 0.107. The Kier molecular flexibility index (Phi) is 15.3. The zero-order valence-electron chi connectivity index (χ0n) is 27.8. The van der Waals surface area contributed by atoms with Crippen molar-refractivity contribution < 1.29 is 0 Å². The van der Waals surface area contributed by atoms with Gasteiger partial charge in [0.1, 0.15) is 0 Å². The highest BCUT2D eigenvalue weighted by Gasteiger charge is 2.12. The van der Waals surface area contributed by atoms with Gasteiger partial charge in [-0.25, -0.2) is 0 Å². The maximum atomic E-state index is 3.77. The molecule has 44 heavy (non-hydrogen) atoms. The molecule has 3 aliphatic rings. The van der Waals surface area contributed by atoms with E-state index in [1.807, 2.05) is 0 Å². The maximum Gasteiger partial charge on any atom is 0.0479 e. The Hall–Kier alpha value is -3.14. The summed E-state index contributed by atoms with van der Waals surface area (Å²) in [5, 5.41) is 14.6. The van der Waals surface area contributed by atoms with Gasteiger partial charge in [0, 0.05) is 46.6 Å². The van der Waals surface area contributed by atoms with Crippen molar-refractivity contribution in [2.24, 2.45) is 0 Å². The lowest BCUT2D eigenvalue weighted by Gasteiger charge is -2.24. The molecule has 3 unspecified atom stereocenters. The predicted molar refractivity (Wildman–Crippen MR) is 193 cm³/mol. The van der Waals surface area contributed by atoms with Gasteiger partial charge in [0.25, 0.3) is 0 Å². The Morgan fingerprint density at radius 2 is 1.27 bits per heavy atom. The van der Waals surface area contributed by atoms with E-state index in [0.717, 1.165) is 37.8 Å². The average molecular weight is 597 g/mol. The van der Waals surface area contributed by atoms with Crippen LogP contribution in [-0.2, 0) is 0 Å². The van der Waals surface area contributed by atoms with Crippen LogP contribution < -0.4 is 21.3 Å². The number of anilines is 2. The topological polar surface area (TPSA) is 48.1 Å². The highest BCUT2D eigenvalue weighted by Crippen LogP contribution is 2.21. The largest absolute Gasteiger partial charge is 0.386 e. The molecule has 0 radical (unpaired) electrons. The second-order valence-electron chi connectivity index (χ2n) is 13.2. The fourth-order valence-electron chi connectivity index (χ4n) is 6.39. The smallest absolute Gasteiger partial charge is 0.0479 e. The number of hydrogen-bond acceptors (Lipinski definition) is 4. The van der Waals surface area contributed by atoms with E-state index in [-0.39, 0.29) is 0 Å². The molecule has 0 bridgehead atoms. The Morgan fingerprint density at radius 1 is 0.659 bits per heavy atom. The van der Waals surface area contributed by atoms with Crippen molar-refractivity contribution >= 4 is 11.4 Å². The van der Waals surface area contributed by atoms with Gasteiger partial charge in [-0.15, -0.1) is 0 Å². The van der Waals surface area contributed by atoms with Gasteiger partial charge < -0.3 is 21.3 Å². The van der Waals surface area contributed by atoms with Crippen molar-refractivity contribution in [2.45, 2.75) is 141 Å². The van der Waals surface area contributed by atoms with Crippen LogP contribution in [0.5, 0.6) is 0 Å². The molecule has 1 aromatic rings. The minimum atomic E-state index is 0.454. The summed E-state index contributed by atoms with van der Waals surface area (Å²) in [4.78, 5) is 0. The molecule has 0 aromatic heterocycles. The number of rotatable bonds is 21. The molecular formula is C40H60N4. The van der Waals surface area contributed by atoms with Crippen molar-refractivity contribution in [3.05, 3.63) is 96.0 Å². The van der Waals surface area contributed by atoms with Gasteiger partial charge in [-0.05, 0) is 101 Å². The van der Waals surface area contributed by atoms with Crippen LogP contribution in [0.25, 0.3) is 0 Å². The first-order chi connectivity index (χ1) is 21.6. The third kappa shape index (κ3) is 13.7. The molecule has 4 heteroatoms. The molecule has 3 atom stereocenters. The van der Waals surface area contributed by atoms with Crippen molar-refractivity contribution in [3.63, 3.8) is 0 Å². The molecule has 0 aliphatic heterocycles. The standard InChI is InChI=1S/C40H60N4/c1-33(41-37-25-29-39(30-26-37)43-35-21-15-11-16-22-35)19-13-9-7-5-3-4-6-8-10-14-20-34(2)42-38-27-31-40(32-28-38)44-36-23-17-12-18-24-36/h11,15-17,21,23-25,27-29,31-35,41-44H,3-10,12-14,18-20,22,26,30H2,1-2H3. The lowest BCUT2D eigenvalue weighted by Crippen LogP contribution is -2.30. The molecule has 0 saturated heterocycles. The molecule has 0 fully saturated rings. The van der Waals surface area contributed by atoms with E-state index in [4.69, 9.17) is 0 Å². The van der Waals surface area contributed by atoms with Crippen LogP contribution in [0.4, 0.5) is 11.4 Å². The second kappa shape index (κ2) is 20.0. The summed E-state index contributed by atoms with van der Waals surface area (Å²) >= 11 is 0. The monoisotopic (exact) mass is 596 g/mol. The molecule has 3 aliphatic carbocycles. The summed E-state index contributed by atoms with van der Waals surface area (Å²) in [6, 6.07) is 10.3. The highest BCUT2D eigenvalue weighted by molar-refractivity contribution is 5.57. The van der Waals surface area contributed by atoms with Gasteiger partial charge in [-0.1, -0.05) is 101 Å². The SMILES string of the molecule is CC(CCCCCCCCCCCCC(C)Nc1ccc(NC2=CCCC=C2)cc1)NC1=CC=C(NC2C=CC=CC2)CC1. The molecular weight excluding hydrogens is 536 g/mol. The van der Waals surface area contributed by atoms with Gasteiger partial charge in [-0.2, -0.15) is 0 Å². The van der Waals surface area contributed by atoms with Gasteiger partial charge >= 0.3 is 0 Å². The fourth-order valence-corrected chi connectivity index (χ4v) is 6.39. The normalized spacial score (nSPS) is 19.0. The van der Waals surface area contributed by atoms with Crippen molar-refractivity contribution in [1.82, 2.24) is 10.6 Å². The first-order valence-electron chi connectivity index (χ1n) is 17.9. The lowest BCUT2D eigenvalue weighted by molar-refractivity contribution is 0.494. The second-order valence-corrected chi connectivity index (χ2v) is 13.2. The van der Waals surface area contributed by atoms with Crippen molar-refractivity contribution in [2.75, 3.05) is 10.6 Å². The van der Waals surface area contributed by atoms with Crippen LogP contribution in [-0.4, -0.2) is 18.1 Å². The van der Waals surface area contributed by atoms with Gasteiger partial charge in [0.2, 0.25) is 0 Å². The minimum Gasteiger partial charge on any atom is -0.386 e. The number of unbranched alkanes of at least 4 members (excludes halogenated alkanes) is 9. The van der Waals surface area contributed by atoms with E-state index < -0.39 is 0 Å². The van der Waals surface area contributed by atoms with Gasteiger partial charge in [0.15, 0.2) is 0 Å². The summed E-state index contributed by atoms with van der Waals surface area (Å²) < 4.78 is 0. The average Bonchev–Trinajstić information content (AvgIpc) is 3.04. The number of benzene rings is 1. The summed E-state index contributed by atoms with van der Waals surface area (Å²) in [5.74, 6) is 0. The molecule has 4 nitrogen and oxygen atoms in total. The molecule has 240 valence electrons. The first-order valence-corrected chi connectivity index (χ1v) is 17.9. The fraction of sp³-hybridized carbons (Fsp3) is 0.550. The number of allylic oxidation sites excluding steroid dienone is 9. The van der Waals surface area contributed by atoms with E-state index in [1.165, 1.54) is 99.8 Å². The molecule has 4 rings (SSSR count). The summed E-state index contributed by atoms with van der Waals surface area (Å²) in [5.41, 5.74) is 6.34. The molecule has 0 spiro atoms. The molecule has 0 amide bonds. The van der Waals surface area contributed by atoms with Gasteiger partial charge in [0.05, 0.1) is 0 Å². The van der Waals surface area contributed by atoms with Crippen molar-refractivity contribution in [3.8, 4) is 0 Å². The third-order valence-electron chi connectivity index (χ3n) is 9.04. The van der Waals surface area contributed by atoms with Crippen LogP contribution >= 0.6 is 0 Å². The Balaban J connectivity index is 0.923. The highest BCUT2D eigenvalue weighted by atomic mass is 14.9. The lowest BCUT2D eigenvalue weighted by atomic mass is 10.0. The van der Waals surface area contributed by atoms with Crippen LogP contribution in [0, 0.1) is 0 Å². The van der Waals surface area contributed by atoms with Crippen LogP contribution in [0.15, 0.2) is 96.0 Å². The zero-order valence-corrected chi connectivity index (χ0v) is 27.8. The predicted octanol–water partition coefficient (Wildman–Crippen LogP) is 10.8. The molecule has 0 heterocycles. The van der Waals surface area contributed by atoms with Crippen molar-refractivity contribution in [1.29, 1.82) is 0 Å². The Morgan fingerprint density at radius 3 is 1.86 bits per heavy atom. The zero-order chi connectivity index (χ0) is 30.7. The maximum absolute atomic E-state index is 3.77. The summed E-state index contributed by atoms with van der Waals surface area (Å²) in [6.45, 7) is 4.66. The van der Waals surface area contributed by atoms with Crippen LogP contribution in [0.2, 0.25) is 0 Å². The van der Waals surface area contributed by atoms with E-state index >= 15 is 0 Å². The Labute approximate surface area is 269 Å². The third-order valence-corrected chi connectivity index (χ3v) is 9.04. The van der Waals surface area contributed by atoms with Crippen LogP contribution in [0.3, 0.4) is 0 Å². The Bertz CT molecular complexity index is 1140. The van der Waals surface area contributed by atoms with Crippen LogP contribution in [0.1, 0.15) is 123 Å². The van der Waals surface area contributed by atoms with E-state index in [9.17, 15) is 0 Å².